The second-order valence-electron chi connectivity index (χ2n) is 7.25. The lowest BCUT2D eigenvalue weighted by Crippen LogP contribution is -2.25. The average molecular weight is 364 g/mol. The highest BCUT2D eigenvalue weighted by Gasteiger charge is 2.23. The minimum atomic E-state index is -0.107. The second-order valence-corrected chi connectivity index (χ2v) is 7.25. The molecule has 1 aliphatic rings. The first-order valence-corrected chi connectivity index (χ1v) is 9.49. The van der Waals surface area contributed by atoms with E-state index in [2.05, 4.69) is 15.0 Å². The highest BCUT2D eigenvalue weighted by molar-refractivity contribution is 5.87. The van der Waals surface area contributed by atoms with Crippen molar-refractivity contribution in [2.75, 3.05) is 0 Å². The van der Waals surface area contributed by atoms with Gasteiger partial charge in [0.25, 0.3) is 5.56 Å². The van der Waals surface area contributed by atoms with Gasteiger partial charge in [-0.15, -0.1) is 0 Å². The number of nitrogens with one attached hydrogen (secondary N) is 1. The number of aromatic nitrogens is 3. The highest BCUT2D eigenvalue weighted by Crippen LogP contribution is 2.23. The summed E-state index contributed by atoms with van der Waals surface area (Å²) in [5.41, 5.74) is 2.60. The van der Waals surface area contributed by atoms with Crippen LogP contribution in [-0.2, 0) is 11.3 Å². The lowest BCUT2D eigenvalue weighted by atomic mass is 10.2. The van der Waals surface area contributed by atoms with E-state index in [-0.39, 0.29) is 11.5 Å². The van der Waals surface area contributed by atoms with Gasteiger partial charge in [0.05, 0.1) is 17.3 Å². The number of para-hydroxylation sites is 1. The van der Waals surface area contributed by atoms with Gasteiger partial charge in [0.2, 0.25) is 5.91 Å². The fourth-order valence-corrected chi connectivity index (χ4v) is 3.62. The molecule has 3 aromatic rings. The van der Waals surface area contributed by atoms with E-state index in [1.54, 1.807) is 6.20 Å². The molecule has 2 aromatic heterocycles. The monoisotopic (exact) mass is 364 g/mol. The molecule has 0 atom stereocenters. The SMILES string of the molecule is Cc1c2cnn(-c3ccccc3)c(=O)c2c(C)n1CCCC(=O)NC1CC1. The molecule has 1 aromatic carbocycles. The number of hydrogen-bond donors (Lipinski definition) is 1. The van der Waals surface area contributed by atoms with Crippen LogP contribution >= 0.6 is 0 Å². The number of fused-ring (bicyclic) bond motifs is 1. The lowest BCUT2D eigenvalue weighted by Gasteiger charge is -2.09. The van der Waals surface area contributed by atoms with Gasteiger partial charge in [-0.05, 0) is 45.2 Å². The van der Waals surface area contributed by atoms with E-state index in [1.165, 1.54) is 4.68 Å². The molecule has 0 aliphatic heterocycles. The Morgan fingerprint density at radius 1 is 1.19 bits per heavy atom. The fraction of sp³-hybridized carbons (Fsp3) is 0.381. The first-order chi connectivity index (χ1) is 13.1. The third-order valence-electron chi connectivity index (χ3n) is 5.27. The lowest BCUT2D eigenvalue weighted by molar-refractivity contribution is -0.121. The summed E-state index contributed by atoms with van der Waals surface area (Å²) in [6, 6.07) is 9.85. The Morgan fingerprint density at radius 2 is 1.93 bits per heavy atom. The maximum absolute atomic E-state index is 13.0. The predicted octanol–water partition coefficient (Wildman–Crippen LogP) is 2.86. The molecule has 1 fully saturated rings. The number of aryl methyl sites for hydroxylation is 2. The van der Waals surface area contributed by atoms with Crippen molar-refractivity contribution in [1.29, 1.82) is 0 Å². The molecule has 0 bridgehead atoms. The third-order valence-corrected chi connectivity index (χ3v) is 5.27. The van der Waals surface area contributed by atoms with Crippen molar-refractivity contribution in [1.82, 2.24) is 19.7 Å². The summed E-state index contributed by atoms with van der Waals surface area (Å²) in [4.78, 5) is 24.9. The van der Waals surface area contributed by atoms with Crippen LogP contribution < -0.4 is 10.9 Å². The molecule has 0 saturated heterocycles. The summed E-state index contributed by atoms with van der Waals surface area (Å²) in [6.45, 7) is 4.69. The zero-order valence-electron chi connectivity index (χ0n) is 15.7. The van der Waals surface area contributed by atoms with E-state index >= 15 is 0 Å². The van der Waals surface area contributed by atoms with Gasteiger partial charge in [0.15, 0.2) is 0 Å². The van der Waals surface area contributed by atoms with Crippen molar-refractivity contribution in [3.05, 3.63) is 58.3 Å². The molecule has 0 radical (unpaired) electrons. The molecule has 2 heterocycles. The molecule has 0 unspecified atom stereocenters. The van der Waals surface area contributed by atoms with E-state index in [1.807, 2.05) is 44.2 Å². The maximum Gasteiger partial charge on any atom is 0.281 e. The van der Waals surface area contributed by atoms with Gasteiger partial charge < -0.3 is 9.88 Å². The first-order valence-electron chi connectivity index (χ1n) is 9.49. The van der Waals surface area contributed by atoms with E-state index in [0.29, 0.717) is 17.8 Å². The summed E-state index contributed by atoms with van der Waals surface area (Å²) >= 11 is 0. The molecule has 6 heteroatoms. The molecule has 4 rings (SSSR count). The van der Waals surface area contributed by atoms with E-state index in [0.717, 1.165) is 48.3 Å². The predicted molar refractivity (Wildman–Crippen MR) is 105 cm³/mol. The van der Waals surface area contributed by atoms with Crippen LogP contribution in [-0.4, -0.2) is 26.3 Å². The Bertz CT molecular complexity index is 1050. The van der Waals surface area contributed by atoms with Crippen molar-refractivity contribution in [2.24, 2.45) is 0 Å². The number of rotatable bonds is 6. The summed E-state index contributed by atoms with van der Waals surface area (Å²) in [6.07, 6.45) is 5.24. The van der Waals surface area contributed by atoms with Crippen LogP contribution in [0.15, 0.2) is 41.3 Å². The maximum atomic E-state index is 13.0. The quantitative estimate of drug-likeness (QED) is 0.731. The minimum Gasteiger partial charge on any atom is -0.353 e. The van der Waals surface area contributed by atoms with Gasteiger partial charge >= 0.3 is 0 Å². The zero-order chi connectivity index (χ0) is 19.0. The topological polar surface area (TPSA) is 68.9 Å². The number of hydrogen-bond acceptors (Lipinski definition) is 3. The normalized spacial score (nSPS) is 13.9. The largest absolute Gasteiger partial charge is 0.353 e. The minimum absolute atomic E-state index is 0.107. The molecule has 1 amide bonds. The third kappa shape index (κ3) is 3.39. The highest BCUT2D eigenvalue weighted by atomic mass is 16.1. The standard InChI is InChI=1S/C21H24N4O2/c1-14-18-13-22-25(17-7-4-3-5-8-17)21(27)20(18)15(2)24(14)12-6-9-19(26)23-16-10-11-16/h3-5,7-8,13,16H,6,9-12H2,1-2H3,(H,23,26). The van der Waals surface area contributed by atoms with E-state index in [4.69, 9.17) is 0 Å². The number of benzene rings is 1. The summed E-state index contributed by atoms with van der Waals surface area (Å²) < 4.78 is 3.58. The van der Waals surface area contributed by atoms with Gasteiger partial charge in [0.1, 0.15) is 0 Å². The second kappa shape index (κ2) is 7.02. The van der Waals surface area contributed by atoms with Crippen molar-refractivity contribution < 1.29 is 4.79 Å². The number of nitrogens with zero attached hydrogens (tertiary/aromatic N) is 3. The van der Waals surface area contributed by atoms with Crippen LogP contribution in [0.1, 0.15) is 37.1 Å². The number of carbonyl (C=O) groups is 1. The molecule has 1 aliphatic carbocycles. The number of carbonyl (C=O) groups excluding carboxylic acids is 1. The Balaban J connectivity index is 1.61. The van der Waals surface area contributed by atoms with Crippen LogP contribution in [0.2, 0.25) is 0 Å². The Morgan fingerprint density at radius 3 is 2.63 bits per heavy atom. The van der Waals surface area contributed by atoms with Crippen LogP contribution in [0.25, 0.3) is 16.5 Å². The molecule has 140 valence electrons. The van der Waals surface area contributed by atoms with Crippen LogP contribution in [0.5, 0.6) is 0 Å². The van der Waals surface area contributed by atoms with Crippen LogP contribution in [0.4, 0.5) is 0 Å². The summed E-state index contributed by atoms with van der Waals surface area (Å²) in [5.74, 6) is 0.123. The Hall–Kier alpha value is -2.89. The molecule has 1 N–H and O–H groups in total. The zero-order valence-corrected chi connectivity index (χ0v) is 15.7. The van der Waals surface area contributed by atoms with Crippen molar-refractivity contribution in [3.8, 4) is 5.69 Å². The van der Waals surface area contributed by atoms with Crippen LogP contribution in [0, 0.1) is 13.8 Å². The molecular weight excluding hydrogens is 340 g/mol. The summed E-state index contributed by atoms with van der Waals surface area (Å²) in [5, 5.41) is 8.97. The van der Waals surface area contributed by atoms with Gasteiger partial charge in [0, 0.05) is 35.8 Å². The van der Waals surface area contributed by atoms with Crippen molar-refractivity contribution >= 4 is 16.7 Å². The van der Waals surface area contributed by atoms with Gasteiger partial charge in [-0.3, -0.25) is 9.59 Å². The number of amides is 1. The van der Waals surface area contributed by atoms with E-state index in [9.17, 15) is 9.59 Å². The van der Waals surface area contributed by atoms with Gasteiger partial charge in [-0.25, -0.2) is 0 Å². The van der Waals surface area contributed by atoms with E-state index < -0.39 is 0 Å². The van der Waals surface area contributed by atoms with Crippen molar-refractivity contribution in [3.63, 3.8) is 0 Å². The molecular formula is C21H24N4O2. The average Bonchev–Trinajstić information content (AvgIpc) is 3.44. The Kier molecular flexibility index (Phi) is 4.56. The van der Waals surface area contributed by atoms with Crippen molar-refractivity contribution in [2.45, 2.75) is 52.1 Å². The molecule has 6 nitrogen and oxygen atoms in total. The Labute approximate surface area is 157 Å². The van der Waals surface area contributed by atoms with Gasteiger partial charge in [-0.2, -0.15) is 9.78 Å². The fourth-order valence-electron chi connectivity index (χ4n) is 3.62. The molecule has 1 saturated carbocycles. The van der Waals surface area contributed by atoms with Crippen LogP contribution in [0.3, 0.4) is 0 Å². The first kappa shape index (κ1) is 17.5. The smallest absolute Gasteiger partial charge is 0.281 e. The summed E-state index contributed by atoms with van der Waals surface area (Å²) in [7, 11) is 0. The van der Waals surface area contributed by atoms with Gasteiger partial charge in [-0.1, -0.05) is 18.2 Å². The molecule has 0 spiro atoms. The molecule has 27 heavy (non-hydrogen) atoms.